The smallest absolute Gasteiger partial charge is 0.404 e. The first-order valence-electron chi connectivity index (χ1n) is 6.10. The van der Waals surface area contributed by atoms with Gasteiger partial charge in [-0.3, -0.25) is 10.1 Å². The quantitative estimate of drug-likeness (QED) is 0.433. The third-order valence-corrected chi connectivity index (χ3v) is 2.54. The van der Waals surface area contributed by atoms with Gasteiger partial charge in [0.2, 0.25) is 0 Å². The number of hydrogen-bond donors (Lipinski definition) is 2. The Bertz CT molecular complexity index is 482. The van der Waals surface area contributed by atoms with Crippen molar-refractivity contribution < 1.29 is 18.8 Å². The van der Waals surface area contributed by atoms with Crippen LogP contribution in [-0.2, 0) is 4.74 Å². The Kier molecular flexibility index (Phi) is 6.21. The van der Waals surface area contributed by atoms with Crippen LogP contribution in [0.2, 0.25) is 0 Å². The molecule has 0 aromatic heterocycles. The minimum atomic E-state index is -0.801. The molecule has 0 unspecified atom stereocenters. The Hall–Kier alpha value is -2.38. The number of halogens is 1. The van der Waals surface area contributed by atoms with E-state index in [-0.39, 0.29) is 18.0 Å². The maximum Gasteiger partial charge on any atom is 0.404 e. The summed E-state index contributed by atoms with van der Waals surface area (Å²) in [7, 11) is 0. The van der Waals surface area contributed by atoms with E-state index in [9.17, 15) is 19.3 Å². The number of nitro groups is 1. The van der Waals surface area contributed by atoms with Crippen molar-refractivity contribution in [1.29, 1.82) is 0 Å². The predicted molar refractivity (Wildman–Crippen MR) is 70.9 cm³/mol. The van der Waals surface area contributed by atoms with Crippen molar-refractivity contribution in [1.82, 2.24) is 0 Å². The standard InChI is InChI=1S/C12H16FN3O4/c13-9-4-5-10(11(8-9)16(18)19)15-6-2-1-3-7-20-12(14)17/h4-5,8,15H,1-3,6-7H2,(H2,14,17). The van der Waals surface area contributed by atoms with Crippen molar-refractivity contribution in [3.8, 4) is 0 Å². The van der Waals surface area contributed by atoms with E-state index < -0.39 is 16.8 Å². The van der Waals surface area contributed by atoms with Gasteiger partial charge in [-0.15, -0.1) is 0 Å². The van der Waals surface area contributed by atoms with Crippen LogP contribution in [0.4, 0.5) is 20.6 Å². The summed E-state index contributed by atoms with van der Waals surface area (Å²) >= 11 is 0. The molecule has 0 fully saturated rings. The van der Waals surface area contributed by atoms with E-state index in [0.29, 0.717) is 13.0 Å². The third kappa shape index (κ3) is 5.51. The number of nitrogens with zero attached hydrogens (tertiary/aromatic N) is 1. The number of carbonyl (C=O) groups is 1. The number of nitrogens with two attached hydrogens (primary N) is 1. The van der Waals surface area contributed by atoms with Gasteiger partial charge in [0.15, 0.2) is 0 Å². The Labute approximate surface area is 115 Å². The minimum Gasteiger partial charge on any atom is -0.450 e. The number of anilines is 1. The zero-order chi connectivity index (χ0) is 15.0. The number of nitrogens with one attached hydrogen (secondary N) is 1. The van der Waals surface area contributed by atoms with Crippen LogP contribution < -0.4 is 11.1 Å². The first kappa shape index (κ1) is 15.7. The van der Waals surface area contributed by atoms with Crippen molar-refractivity contribution in [3.05, 3.63) is 34.1 Å². The molecular weight excluding hydrogens is 269 g/mol. The van der Waals surface area contributed by atoms with Crippen LogP contribution in [0.5, 0.6) is 0 Å². The van der Waals surface area contributed by atoms with Crippen molar-refractivity contribution in [2.75, 3.05) is 18.5 Å². The molecule has 0 spiro atoms. The van der Waals surface area contributed by atoms with Gasteiger partial charge in [-0.05, 0) is 31.4 Å². The lowest BCUT2D eigenvalue weighted by molar-refractivity contribution is -0.384. The molecule has 0 aliphatic carbocycles. The molecule has 0 bridgehead atoms. The summed E-state index contributed by atoms with van der Waals surface area (Å²) in [5, 5.41) is 13.6. The molecule has 0 atom stereocenters. The monoisotopic (exact) mass is 285 g/mol. The highest BCUT2D eigenvalue weighted by molar-refractivity contribution is 5.64. The highest BCUT2D eigenvalue weighted by atomic mass is 19.1. The molecule has 3 N–H and O–H groups in total. The van der Waals surface area contributed by atoms with Crippen molar-refractivity contribution in [3.63, 3.8) is 0 Å². The van der Waals surface area contributed by atoms with Gasteiger partial charge in [-0.1, -0.05) is 0 Å². The van der Waals surface area contributed by atoms with Crippen LogP contribution in [0.15, 0.2) is 18.2 Å². The fraction of sp³-hybridized carbons (Fsp3) is 0.417. The molecule has 0 radical (unpaired) electrons. The van der Waals surface area contributed by atoms with E-state index in [4.69, 9.17) is 5.73 Å². The fourth-order valence-corrected chi connectivity index (χ4v) is 1.60. The Morgan fingerprint density at radius 1 is 1.40 bits per heavy atom. The predicted octanol–water partition coefficient (Wildman–Crippen LogP) is 2.41. The number of ether oxygens (including phenoxy) is 1. The van der Waals surface area contributed by atoms with Crippen LogP contribution in [0.25, 0.3) is 0 Å². The molecule has 1 aromatic carbocycles. The number of carbonyl (C=O) groups excluding carboxylic acids is 1. The van der Waals surface area contributed by atoms with Gasteiger partial charge in [-0.25, -0.2) is 9.18 Å². The maximum absolute atomic E-state index is 12.9. The normalized spacial score (nSPS) is 10.1. The Balaban J connectivity index is 2.32. The van der Waals surface area contributed by atoms with E-state index in [1.54, 1.807) is 0 Å². The van der Waals surface area contributed by atoms with Gasteiger partial charge < -0.3 is 15.8 Å². The maximum atomic E-state index is 12.9. The van der Waals surface area contributed by atoms with Crippen molar-refractivity contribution in [2.45, 2.75) is 19.3 Å². The van der Waals surface area contributed by atoms with E-state index in [1.165, 1.54) is 6.07 Å². The van der Waals surface area contributed by atoms with Gasteiger partial charge in [0, 0.05) is 6.54 Å². The van der Waals surface area contributed by atoms with Crippen LogP contribution in [-0.4, -0.2) is 24.2 Å². The molecule has 0 heterocycles. The molecule has 1 amide bonds. The van der Waals surface area contributed by atoms with Crippen LogP contribution in [0.3, 0.4) is 0 Å². The highest BCUT2D eigenvalue weighted by Crippen LogP contribution is 2.24. The molecule has 1 aromatic rings. The van der Waals surface area contributed by atoms with Gasteiger partial charge >= 0.3 is 6.09 Å². The second-order valence-electron chi connectivity index (χ2n) is 4.07. The molecular formula is C12H16FN3O4. The molecule has 0 aliphatic rings. The number of hydrogen-bond acceptors (Lipinski definition) is 5. The second kappa shape index (κ2) is 7.93. The average Bonchev–Trinajstić information content (AvgIpc) is 2.38. The average molecular weight is 285 g/mol. The summed E-state index contributed by atoms with van der Waals surface area (Å²) in [6.45, 7) is 0.759. The van der Waals surface area contributed by atoms with E-state index in [0.717, 1.165) is 25.0 Å². The molecule has 8 heteroatoms. The molecule has 110 valence electrons. The summed E-state index contributed by atoms with van der Waals surface area (Å²) in [6, 6.07) is 3.38. The zero-order valence-electron chi connectivity index (χ0n) is 10.8. The van der Waals surface area contributed by atoms with Gasteiger partial charge in [0.25, 0.3) is 5.69 Å². The molecule has 0 saturated carbocycles. The minimum absolute atomic E-state index is 0.256. The van der Waals surface area contributed by atoms with Gasteiger partial charge in [-0.2, -0.15) is 0 Å². The summed E-state index contributed by atoms with van der Waals surface area (Å²) in [5.74, 6) is -0.647. The zero-order valence-corrected chi connectivity index (χ0v) is 10.8. The lowest BCUT2D eigenvalue weighted by atomic mass is 10.2. The molecule has 1 rings (SSSR count). The molecule has 0 aliphatic heterocycles. The van der Waals surface area contributed by atoms with Crippen molar-refractivity contribution in [2.24, 2.45) is 5.73 Å². The molecule has 20 heavy (non-hydrogen) atoms. The number of benzene rings is 1. The molecule has 0 saturated heterocycles. The summed E-state index contributed by atoms with van der Waals surface area (Å²) < 4.78 is 17.5. The summed E-state index contributed by atoms with van der Waals surface area (Å²) in [5.41, 5.74) is 4.79. The second-order valence-corrected chi connectivity index (χ2v) is 4.07. The first-order chi connectivity index (χ1) is 9.50. The van der Waals surface area contributed by atoms with Crippen LogP contribution in [0.1, 0.15) is 19.3 Å². The summed E-state index contributed by atoms with van der Waals surface area (Å²) in [4.78, 5) is 20.4. The number of nitro benzene ring substituents is 1. The number of amides is 1. The topological polar surface area (TPSA) is 107 Å². The number of rotatable bonds is 8. The third-order valence-electron chi connectivity index (χ3n) is 2.54. The van der Waals surface area contributed by atoms with Crippen LogP contribution in [0, 0.1) is 15.9 Å². The SMILES string of the molecule is NC(=O)OCCCCCNc1ccc(F)cc1[N+](=O)[O-]. The van der Waals surface area contributed by atoms with E-state index >= 15 is 0 Å². The van der Waals surface area contributed by atoms with Crippen molar-refractivity contribution >= 4 is 17.5 Å². The van der Waals surface area contributed by atoms with Crippen LogP contribution >= 0.6 is 0 Å². The van der Waals surface area contributed by atoms with E-state index in [1.807, 2.05) is 0 Å². The van der Waals surface area contributed by atoms with Gasteiger partial charge in [0.1, 0.15) is 11.5 Å². The van der Waals surface area contributed by atoms with E-state index in [2.05, 4.69) is 10.1 Å². The highest BCUT2D eigenvalue weighted by Gasteiger charge is 2.14. The lowest BCUT2D eigenvalue weighted by Gasteiger charge is -2.07. The lowest BCUT2D eigenvalue weighted by Crippen LogP contribution is -2.13. The largest absolute Gasteiger partial charge is 0.450 e. The number of unbranched alkanes of at least 4 members (excludes halogenated alkanes) is 2. The fourth-order valence-electron chi connectivity index (χ4n) is 1.60. The number of primary amides is 1. The van der Waals surface area contributed by atoms with Gasteiger partial charge in [0.05, 0.1) is 17.6 Å². The Morgan fingerprint density at radius 2 is 2.15 bits per heavy atom. The summed E-state index contributed by atoms with van der Waals surface area (Å²) in [6.07, 6.45) is 1.37. The first-order valence-corrected chi connectivity index (χ1v) is 6.10. The molecule has 7 nitrogen and oxygen atoms in total. The Morgan fingerprint density at radius 3 is 2.80 bits per heavy atom.